The van der Waals surface area contributed by atoms with Crippen molar-refractivity contribution in [2.75, 3.05) is 13.2 Å². The predicted molar refractivity (Wildman–Crippen MR) is 63.0 cm³/mol. The van der Waals surface area contributed by atoms with Crippen LogP contribution in [-0.2, 0) is 9.53 Å². The average Bonchev–Trinajstić information content (AvgIpc) is 2.26. The van der Waals surface area contributed by atoms with Crippen LogP contribution >= 0.6 is 0 Å². The number of carboxylic acid groups (broad SMARTS) is 1. The minimum Gasteiger partial charge on any atom is -0.491 e. The summed E-state index contributed by atoms with van der Waals surface area (Å²) < 4.78 is 10.8. The minimum atomic E-state index is -0.951. The normalized spacial score (nSPS) is 18.9. The van der Waals surface area contributed by atoms with Gasteiger partial charge in [0.15, 0.2) is 0 Å². The lowest BCUT2D eigenvalue weighted by molar-refractivity contribution is -0.131. The smallest absolute Gasteiger partial charge is 0.328 e. The Morgan fingerprint density at radius 2 is 2.18 bits per heavy atom. The monoisotopic (exact) mass is 234 g/mol. The van der Waals surface area contributed by atoms with Gasteiger partial charge in [0.25, 0.3) is 0 Å². The fourth-order valence-corrected chi connectivity index (χ4v) is 1.45. The molecular weight excluding hydrogens is 220 g/mol. The topological polar surface area (TPSA) is 55.8 Å². The molecule has 0 spiro atoms. The zero-order chi connectivity index (χ0) is 12.1. The summed E-state index contributed by atoms with van der Waals surface area (Å²) in [6, 6.07) is 7.27. The summed E-state index contributed by atoms with van der Waals surface area (Å²) in [6.45, 7) is 1.40. The van der Waals surface area contributed by atoms with E-state index in [4.69, 9.17) is 14.6 Å². The lowest BCUT2D eigenvalue weighted by Crippen LogP contribution is -2.32. The largest absolute Gasteiger partial charge is 0.491 e. The van der Waals surface area contributed by atoms with Gasteiger partial charge in [0.05, 0.1) is 6.10 Å². The summed E-state index contributed by atoms with van der Waals surface area (Å²) in [4.78, 5) is 10.3. The van der Waals surface area contributed by atoms with Crippen LogP contribution < -0.4 is 4.74 Å². The van der Waals surface area contributed by atoms with Crippen LogP contribution in [-0.4, -0.2) is 30.4 Å². The Kier molecular flexibility index (Phi) is 3.77. The molecule has 0 aliphatic carbocycles. The maximum Gasteiger partial charge on any atom is 0.328 e. The molecule has 0 saturated carbocycles. The van der Waals surface area contributed by atoms with Crippen LogP contribution in [0.4, 0.5) is 0 Å². The van der Waals surface area contributed by atoms with Crippen molar-refractivity contribution in [3.05, 3.63) is 35.9 Å². The molecule has 1 aromatic carbocycles. The molecule has 1 heterocycles. The molecule has 1 fully saturated rings. The first kappa shape index (κ1) is 11.7. The molecule has 0 aromatic heterocycles. The molecule has 1 unspecified atom stereocenters. The van der Waals surface area contributed by atoms with Gasteiger partial charge in [-0.1, -0.05) is 12.1 Å². The molecule has 0 amide bonds. The quantitative estimate of drug-likeness (QED) is 0.791. The fourth-order valence-electron chi connectivity index (χ4n) is 1.45. The predicted octanol–water partition coefficient (Wildman–Crippen LogP) is 1.95. The molecule has 4 heteroatoms. The van der Waals surface area contributed by atoms with Gasteiger partial charge in [-0.15, -0.1) is 0 Å². The molecule has 0 bridgehead atoms. The van der Waals surface area contributed by atoms with Crippen molar-refractivity contribution < 1.29 is 19.4 Å². The van der Waals surface area contributed by atoms with E-state index in [1.54, 1.807) is 6.08 Å². The first-order chi connectivity index (χ1) is 8.24. The second-order valence-electron chi connectivity index (χ2n) is 3.83. The van der Waals surface area contributed by atoms with Crippen molar-refractivity contribution in [2.45, 2.75) is 12.5 Å². The minimum absolute atomic E-state index is 0.224. The van der Waals surface area contributed by atoms with Crippen molar-refractivity contribution in [3.63, 3.8) is 0 Å². The van der Waals surface area contributed by atoms with Gasteiger partial charge < -0.3 is 14.6 Å². The van der Waals surface area contributed by atoms with Crippen LogP contribution in [0, 0.1) is 0 Å². The van der Waals surface area contributed by atoms with Crippen LogP contribution in [0.5, 0.6) is 5.75 Å². The molecule has 90 valence electrons. The number of benzene rings is 1. The van der Waals surface area contributed by atoms with Crippen LogP contribution in [0.3, 0.4) is 0 Å². The molecule has 1 aliphatic rings. The Balaban J connectivity index is 1.86. The van der Waals surface area contributed by atoms with Crippen molar-refractivity contribution in [1.29, 1.82) is 0 Å². The average molecular weight is 234 g/mol. The van der Waals surface area contributed by atoms with Crippen molar-refractivity contribution in [3.8, 4) is 5.75 Å². The van der Waals surface area contributed by atoms with Gasteiger partial charge in [-0.05, 0) is 23.8 Å². The summed E-state index contributed by atoms with van der Waals surface area (Å²) in [6.07, 6.45) is 3.93. The van der Waals surface area contributed by atoms with Crippen molar-refractivity contribution in [1.82, 2.24) is 0 Å². The molecule has 2 rings (SSSR count). The maximum absolute atomic E-state index is 10.3. The van der Waals surface area contributed by atoms with E-state index in [-0.39, 0.29) is 6.10 Å². The van der Waals surface area contributed by atoms with Gasteiger partial charge in [0.1, 0.15) is 12.4 Å². The van der Waals surface area contributed by atoms with Gasteiger partial charge in [-0.2, -0.15) is 0 Å². The first-order valence-electron chi connectivity index (χ1n) is 5.49. The number of ether oxygens (including phenoxy) is 2. The molecule has 0 radical (unpaired) electrons. The number of rotatable bonds is 5. The highest BCUT2D eigenvalue weighted by Gasteiger charge is 2.18. The zero-order valence-electron chi connectivity index (χ0n) is 9.33. The van der Waals surface area contributed by atoms with E-state index in [2.05, 4.69) is 0 Å². The maximum atomic E-state index is 10.3. The molecule has 1 atom stereocenters. The number of carbonyl (C=O) groups is 1. The Morgan fingerprint density at radius 1 is 1.47 bits per heavy atom. The first-order valence-corrected chi connectivity index (χ1v) is 5.49. The Morgan fingerprint density at radius 3 is 2.71 bits per heavy atom. The fraction of sp³-hybridized carbons (Fsp3) is 0.308. The van der Waals surface area contributed by atoms with E-state index < -0.39 is 5.97 Å². The summed E-state index contributed by atoms with van der Waals surface area (Å²) >= 11 is 0. The molecule has 1 saturated heterocycles. The van der Waals surface area contributed by atoms with Gasteiger partial charge in [0.2, 0.25) is 0 Å². The van der Waals surface area contributed by atoms with Crippen LogP contribution in [0.2, 0.25) is 0 Å². The zero-order valence-corrected chi connectivity index (χ0v) is 9.33. The van der Waals surface area contributed by atoms with Crippen LogP contribution in [0.1, 0.15) is 12.0 Å². The third-order valence-corrected chi connectivity index (χ3v) is 2.53. The second kappa shape index (κ2) is 5.50. The van der Waals surface area contributed by atoms with Gasteiger partial charge in [-0.25, -0.2) is 4.79 Å². The Labute approximate surface area is 99.5 Å². The molecule has 1 aromatic rings. The van der Waals surface area contributed by atoms with E-state index in [1.807, 2.05) is 24.3 Å². The van der Waals surface area contributed by atoms with E-state index >= 15 is 0 Å². The highest BCUT2D eigenvalue weighted by atomic mass is 16.5. The van der Waals surface area contributed by atoms with Crippen LogP contribution in [0.15, 0.2) is 30.3 Å². The highest BCUT2D eigenvalue weighted by molar-refractivity contribution is 5.85. The summed E-state index contributed by atoms with van der Waals surface area (Å²) in [7, 11) is 0. The third kappa shape index (κ3) is 3.60. The summed E-state index contributed by atoms with van der Waals surface area (Å²) in [5, 5.41) is 8.48. The SMILES string of the molecule is O=C(O)C=Cc1ccc(OCC2CCO2)cc1. The molecule has 1 aliphatic heterocycles. The molecule has 17 heavy (non-hydrogen) atoms. The number of hydrogen-bond acceptors (Lipinski definition) is 3. The van der Waals surface area contributed by atoms with Crippen molar-refractivity contribution >= 4 is 12.0 Å². The number of carboxylic acids is 1. The lowest BCUT2D eigenvalue weighted by atomic mass is 10.2. The van der Waals surface area contributed by atoms with Gasteiger partial charge >= 0.3 is 5.97 Å². The summed E-state index contributed by atoms with van der Waals surface area (Å²) in [5.41, 5.74) is 0.833. The van der Waals surface area contributed by atoms with Gasteiger partial charge in [0, 0.05) is 19.1 Å². The van der Waals surface area contributed by atoms with E-state index in [9.17, 15) is 4.79 Å². The van der Waals surface area contributed by atoms with E-state index in [1.165, 1.54) is 0 Å². The van der Waals surface area contributed by atoms with Gasteiger partial charge in [-0.3, -0.25) is 0 Å². The second-order valence-corrected chi connectivity index (χ2v) is 3.83. The Bertz CT molecular complexity index is 404. The highest BCUT2D eigenvalue weighted by Crippen LogP contribution is 2.16. The number of hydrogen-bond donors (Lipinski definition) is 1. The number of aliphatic carboxylic acids is 1. The third-order valence-electron chi connectivity index (χ3n) is 2.53. The molecular formula is C13H14O4. The van der Waals surface area contributed by atoms with Crippen molar-refractivity contribution in [2.24, 2.45) is 0 Å². The lowest BCUT2D eigenvalue weighted by Gasteiger charge is -2.26. The standard InChI is InChI=1S/C13H14O4/c14-13(15)6-3-10-1-4-11(5-2-10)17-9-12-7-8-16-12/h1-6,12H,7-9H2,(H,14,15). The summed E-state index contributed by atoms with van der Waals surface area (Å²) in [5.74, 6) is -0.180. The molecule has 1 N–H and O–H groups in total. The molecule has 4 nitrogen and oxygen atoms in total. The Hall–Kier alpha value is -1.81. The van der Waals surface area contributed by atoms with E-state index in [0.29, 0.717) is 6.61 Å². The van der Waals surface area contributed by atoms with Crippen LogP contribution in [0.25, 0.3) is 6.08 Å². The van der Waals surface area contributed by atoms with E-state index in [0.717, 1.165) is 30.4 Å².